The van der Waals surface area contributed by atoms with Crippen LogP contribution in [-0.2, 0) is 4.79 Å². The number of hydrogen-bond donors (Lipinski definition) is 1. The van der Waals surface area contributed by atoms with E-state index in [0.29, 0.717) is 43.0 Å². The number of piperidine rings is 1. The van der Waals surface area contributed by atoms with Crippen LogP contribution < -0.4 is 10.1 Å². The summed E-state index contributed by atoms with van der Waals surface area (Å²) in [5.74, 6) is 0.370. The third-order valence-corrected chi connectivity index (χ3v) is 5.43. The topological polar surface area (TPSA) is 71.0 Å². The molecule has 144 valence electrons. The number of likely N-dealkylation sites (tertiary alicyclic amines) is 1. The Hall–Kier alpha value is -3.15. The summed E-state index contributed by atoms with van der Waals surface area (Å²) in [7, 11) is 1.56. The highest BCUT2D eigenvalue weighted by Gasteiger charge is 2.43. The lowest BCUT2D eigenvalue weighted by Crippen LogP contribution is -2.52. The van der Waals surface area contributed by atoms with Gasteiger partial charge in [0, 0.05) is 31.5 Å². The molecule has 2 aromatic carbocycles. The number of ether oxygens (including phenoxy) is 1. The van der Waals surface area contributed by atoms with Gasteiger partial charge in [0.1, 0.15) is 17.1 Å². The molecule has 2 aliphatic rings. The molecule has 1 saturated heterocycles. The van der Waals surface area contributed by atoms with E-state index in [4.69, 9.17) is 9.73 Å². The van der Waals surface area contributed by atoms with Gasteiger partial charge in [0.05, 0.1) is 12.7 Å². The lowest BCUT2D eigenvalue weighted by molar-refractivity contribution is -0.115. The summed E-state index contributed by atoms with van der Waals surface area (Å²) in [6, 6.07) is 15.0. The first-order chi connectivity index (χ1) is 13.5. The van der Waals surface area contributed by atoms with Crippen LogP contribution in [0.3, 0.4) is 0 Å². The maximum Gasteiger partial charge on any atom is 0.272 e. The van der Waals surface area contributed by atoms with Crippen LogP contribution in [0.5, 0.6) is 5.75 Å². The van der Waals surface area contributed by atoms with Crippen molar-refractivity contribution in [2.24, 2.45) is 4.99 Å². The van der Waals surface area contributed by atoms with Crippen LogP contribution in [-0.4, -0.2) is 48.3 Å². The molecule has 4 rings (SSSR count). The van der Waals surface area contributed by atoms with Crippen molar-refractivity contribution >= 4 is 17.5 Å². The minimum absolute atomic E-state index is 0.0561. The van der Waals surface area contributed by atoms with Crippen LogP contribution in [0.1, 0.15) is 34.3 Å². The second kappa shape index (κ2) is 7.11. The monoisotopic (exact) mass is 377 g/mol. The van der Waals surface area contributed by atoms with E-state index in [0.717, 1.165) is 11.1 Å². The van der Waals surface area contributed by atoms with Crippen molar-refractivity contribution in [2.75, 3.05) is 20.2 Å². The van der Waals surface area contributed by atoms with Crippen LogP contribution in [0.4, 0.5) is 0 Å². The number of para-hydroxylation sites is 1. The summed E-state index contributed by atoms with van der Waals surface area (Å²) in [5, 5.41) is 3.05. The Balaban J connectivity index is 1.50. The van der Waals surface area contributed by atoms with E-state index in [1.54, 1.807) is 24.1 Å². The van der Waals surface area contributed by atoms with Gasteiger partial charge in [-0.1, -0.05) is 42.0 Å². The van der Waals surface area contributed by atoms with E-state index >= 15 is 0 Å². The van der Waals surface area contributed by atoms with Gasteiger partial charge in [-0.05, 0) is 19.1 Å². The highest BCUT2D eigenvalue weighted by atomic mass is 16.5. The lowest BCUT2D eigenvalue weighted by Gasteiger charge is -2.37. The van der Waals surface area contributed by atoms with Crippen molar-refractivity contribution in [3.05, 3.63) is 65.2 Å². The summed E-state index contributed by atoms with van der Waals surface area (Å²) in [6.45, 7) is 3.07. The van der Waals surface area contributed by atoms with Gasteiger partial charge in [-0.25, -0.2) is 0 Å². The van der Waals surface area contributed by atoms with Crippen molar-refractivity contribution < 1.29 is 14.3 Å². The predicted molar refractivity (Wildman–Crippen MR) is 107 cm³/mol. The molecule has 0 saturated carbocycles. The molecular formula is C22H23N3O3. The first-order valence-electron chi connectivity index (χ1n) is 9.43. The number of aliphatic imine (C=N–C) groups is 1. The summed E-state index contributed by atoms with van der Waals surface area (Å²) in [5.41, 5.74) is 2.38. The van der Waals surface area contributed by atoms with Crippen molar-refractivity contribution in [3.63, 3.8) is 0 Å². The predicted octanol–water partition coefficient (Wildman–Crippen LogP) is 2.56. The number of carbonyl (C=O) groups excluding carboxylic acids is 2. The van der Waals surface area contributed by atoms with E-state index in [2.05, 4.69) is 5.32 Å². The van der Waals surface area contributed by atoms with Crippen LogP contribution in [0, 0.1) is 6.92 Å². The molecule has 0 atom stereocenters. The molecule has 28 heavy (non-hydrogen) atoms. The molecule has 0 radical (unpaired) electrons. The minimum atomic E-state index is -0.616. The second-order valence-corrected chi connectivity index (χ2v) is 7.30. The number of carbonyl (C=O) groups is 2. The molecular weight excluding hydrogens is 354 g/mol. The van der Waals surface area contributed by atoms with Crippen molar-refractivity contribution in [2.45, 2.75) is 25.4 Å². The molecule has 2 aliphatic heterocycles. The average molecular weight is 377 g/mol. The van der Waals surface area contributed by atoms with Gasteiger partial charge >= 0.3 is 0 Å². The SMILES string of the molecule is COc1ccccc1C(=O)N1CCC2(CC1)N=C(c1ccc(C)cc1)C(=O)N2. The zero-order chi connectivity index (χ0) is 19.7. The van der Waals surface area contributed by atoms with E-state index in [1.165, 1.54) is 0 Å². The van der Waals surface area contributed by atoms with Crippen LogP contribution in [0.15, 0.2) is 53.5 Å². The van der Waals surface area contributed by atoms with E-state index < -0.39 is 5.66 Å². The number of benzene rings is 2. The molecule has 1 N–H and O–H groups in total. The van der Waals surface area contributed by atoms with E-state index in [9.17, 15) is 9.59 Å². The normalized spacial score (nSPS) is 18.0. The fourth-order valence-electron chi connectivity index (χ4n) is 3.78. The third kappa shape index (κ3) is 3.26. The standard InChI is InChI=1S/C22H23N3O3/c1-15-7-9-16(10-8-15)19-20(26)24-22(23-19)11-13-25(14-12-22)21(27)17-5-3-4-6-18(17)28-2/h3-10H,11-14H2,1-2H3,(H,24,26). The third-order valence-electron chi connectivity index (χ3n) is 5.43. The van der Waals surface area contributed by atoms with E-state index in [1.807, 2.05) is 43.3 Å². The Labute approximate surface area is 164 Å². The molecule has 2 aromatic rings. The van der Waals surface area contributed by atoms with Gasteiger partial charge in [-0.15, -0.1) is 0 Å². The first kappa shape index (κ1) is 18.2. The Kier molecular flexibility index (Phi) is 4.63. The fraction of sp³-hybridized carbons (Fsp3) is 0.318. The number of nitrogens with zero attached hydrogens (tertiary/aromatic N) is 2. The summed E-state index contributed by atoms with van der Waals surface area (Å²) in [6.07, 6.45) is 1.18. The molecule has 2 amide bonds. The van der Waals surface area contributed by atoms with Crippen LogP contribution in [0.25, 0.3) is 0 Å². The van der Waals surface area contributed by atoms with Crippen molar-refractivity contribution in [1.82, 2.24) is 10.2 Å². The Morgan fingerprint density at radius 2 is 1.79 bits per heavy atom. The molecule has 0 aliphatic carbocycles. The molecule has 1 spiro atoms. The molecule has 0 unspecified atom stereocenters. The molecule has 6 heteroatoms. The smallest absolute Gasteiger partial charge is 0.272 e. The summed E-state index contributed by atoms with van der Waals surface area (Å²) in [4.78, 5) is 32.0. The van der Waals surface area contributed by atoms with Crippen molar-refractivity contribution in [3.8, 4) is 5.75 Å². The van der Waals surface area contributed by atoms with Gasteiger partial charge in [-0.2, -0.15) is 0 Å². The minimum Gasteiger partial charge on any atom is -0.496 e. The fourth-order valence-corrected chi connectivity index (χ4v) is 3.78. The van der Waals surface area contributed by atoms with Crippen molar-refractivity contribution in [1.29, 1.82) is 0 Å². The molecule has 2 heterocycles. The number of methoxy groups -OCH3 is 1. The summed E-state index contributed by atoms with van der Waals surface area (Å²) < 4.78 is 5.31. The number of aryl methyl sites for hydroxylation is 1. The van der Waals surface area contributed by atoms with Gasteiger partial charge in [0.25, 0.3) is 11.8 Å². The number of hydrogen-bond acceptors (Lipinski definition) is 4. The maximum absolute atomic E-state index is 12.9. The Bertz CT molecular complexity index is 942. The molecule has 6 nitrogen and oxygen atoms in total. The first-order valence-corrected chi connectivity index (χ1v) is 9.43. The average Bonchev–Trinajstić information content (AvgIpc) is 3.04. The summed E-state index contributed by atoms with van der Waals surface area (Å²) >= 11 is 0. The largest absolute Gasteiger partial charge is 0.496 e. The molecule has 0 aromatic heterocycles. The highest BCUT2D eigenvalue weighted by molar-refractivity contribution is 6.46. The number of rotatable bonds is 3. The van der Waals surface area contributed by atoms with Gasteiger partial charge in [0.2, 0.25) is 0 Å². The maximum atomic E-state index is 12.9. The van der Waals surface area contributed by atoms with Gasteiger partial charge in [0.15, 0.2) is 0 Å². The number of nitrogens with one attached hydrogen (secondary N) is 1. The lowest BCUT2D eigenvalue weighted by atomic mass is 9.97. The quantitative estimate of drug-likeness (QED) is 0.894. The highest BCUT2D eigenvalue weighted by Crippen LogP contribution is 2.30. The zero-order valence-electron chi connectivity index (χ0n) is 16.1. The van der Waals surface area contributed by atoms with Crippen LogP contribution >= 0.6 is 0 Å². The van der Waals surface area contributed by atoms with Gasteiger partial charge < -0.3 is 15.0 Å². The van der Waals surface area contributed by atoms with Gasteiger partial charge in [-0.3, -0.25) is 14.6 Å². The molecule has 0 bridgehead atoms. The second-order valence-electron chi connectivity index (χ2n) is 7.30. The number of amides is 2. The Morgan fingerprint density at radius 3 is 2.46 bits per heavy atom. The molecule has 1 fully saturated rings. The van der Waals surface area contributed by atoms with Crippen LogP contribution in [0.2, 0.25) is 0 Å². The Morgan fingerprint density at radius 1 is 1.11 bits per heavy atom. The van der Waals surface area contributed by atoms with E-state index in [-0.39, 0.29) is 11.8 Å². The zero-order valence-corrected chi connectivity index (χ0v) is 16.1.